The molecule has 2 aromatic carbocycles. The van der Waals surface area contributed by atoms with Crippen LogP contribution < -0.4 is 14.7 Å². The summed E-state index contributed by atoms with van der Waals surface area (Å²) in [6.45, 7) is 1.77. The Bertz CT molecular complexity index is 867. The van der Waals surface area contributed by atoms with Crippen molar-refractivity contribution in [3.8, 4) is 5.75 Å². The monoisotopic (exact) mass is 447 g/mol. The summed E-state index contributed by atoms with van der Waals surface area (Å²) in [6.07, 6.45) is -1.52. The molecule has 9 nitrogen and oxygen atoms in total. The average molecular weight is 447 g/mol. The number of carbonyl (C=O) groups is 3. The zero-order chi connectivity index (χ0) is 24.1. The minimum atomic E-state index is -2.80. The standard InChI is InChI=1S/C17H21NO.C6H8O7/c1-18(2)12-13-19-17-11-7-6-10-16(17)14-15-8-4-3-5-9-15;7-3(8)1-6(13,5(11)12)2-4(9)10/h3-11H,12-14H2,1-2H3;13H,1-2H2,(H,7,8)(H,9,10)(H,11,12). The van der Waals surface area contributed by atoms with Crippen molar-refractivity contribution >= 4 is 17.9 Å². The maximum Gasteiger partial charge on any atom is 0.336 e. The van der Waals surface area contributed by atoms with Crippen LogP contribution in [0.1, 0.15) is 24.0 Å². The van der Waals surface area contributed by atoms with E-state index in [0.29, 0.717) is 0 Å². The molecule has 1 unspecified atom stereocenters. The Kier molecular flexibility index (Phi) is 10.9. The quantitative estimate of drug-likeness (QED) is 0.350. The van der Waals surface area contributed by atoms with E-state index in [1.54, 1.807) is 0 Å². The largest absolute Gasteiger partial charge is 0.550 e. The number of hydrogen-bond donors (Lipinski definition) is 4. The van der Waals surface area contributed by atoms with Crippen LogP contribution in [0.3, 0.4) is 0 Å². The third-order valence-electron chi connectivity index (χ3n) is 4.35. The lowest BCUT2D eigenvalue weighted by Crippen LogP contribution is -3.06. The second-order valence-corrected chi connectivity index (χ2v) is 7.53. The molecule has 0 aliphatic carbocycles. The molecule has 0 amide bonds. The lowest BCUT2D eigenvalue weighted by Gasteiger charge is -2.21. The van der Waals surface area contributed by atoms with Gasteiger partial charge in [0.25, 0.3) is 0 Å². The van der Waals surface area contributed by atoms with Gasteiger partial charge in [-0.25, -0.2) is 4.79 Å². The fraction of sp³-hybridized carbons (Fsp3) is 0.348. The number of ether oxygens (including phenoxy) is 1. The SMILES string of the molecule is C[NH+](C)CCOc1ccccc1Cc1ccccc1.O=C([O-])CC(O)(CC(=O)O)C(=O)O. The Labute approximate surface area is 186 Å². The Balaban J connectivity index is 0.000000347. The van der Waals surface area contributed by atoms with Crippen molar-refractivity contribution in [1.29, 1.82) is 0 Å². The molecule has 0 saturated carbocycles. The summed E-state index contributed by atoms with van der Waals surface area (Å²) in [6, 6.07) is 18.8. The van der Waals surface area contributed by atoms with E-state index in [1.807, 2.05) is 12.1 Å². The number of hydrogen-bond acceptors (Lipinski definition) is 6. The van der Waals surface area contributed by atoms with Gasteiger partial charge in [0.2, 0.25) is 0 Å². The van der Waals surface area contributed by atoms with E-state index < -0.39 is 36.4 Å². The average Bonchev–Trinajstić information content (AvgIpc) is 2.69. The van der Waals surface area contributed by atoms with Crippen molar-refractivity contribution in [1.82, 2.24) is 0 Å². The zero-order valence-corrected chi connectivity index (χ0v) is 18.1. The van der Waals surface area contributed by atoms with Crippen LogP contribution in [0.4, 0.5) is 0 Å². The van der Waals surface area contributed by atoms with E-state index in [4.69, 9.17) is 20.1 Å². The van der Waals surface area contributed by atoms with Crippen LogP contribution in [0.2, 0.25) is 0 Å². The smallest absolute Gasteiger partial charge is 0.336 e. The summed E-state index contributed by atoms with van der Waals surface area (Å²) in [4.78, 5) is 31.7. The van der Waals surface area contributed by atoms with Gasteiger partial charge in [-0.15, -0.1) is 0 Å². The number of benzene rings is 2. The van der Waals surface area contributed by atoms with Gasteiger partial charge in [0.1, 0.15) is 18.9 Å². The molecule has 0 aliphatic heterocycles. The third kappa shape index (κ3) is 10.1. The van der Waals surface area contributed by atoms with E-state index >= 15 is 0 Å². The van der Waals surface area contributed by atoms with E-state index in [0.717, 1.165) is 25.3 Å². The molecule has 0 fully saturated rings. The lowest BCUT2D eigenvalue weighted by atomic mass is 9.96. The van der Waals surface area contributed by atoms with E-state index in [9.17, 15) is 19.5 Å². The van der Waals surface area contributed by atoms with Gasteiger partial charge < -0.3 is 34.9 Å². The van der Waals surface area contributed by atoms with Crippen LogP contribution in [-0.4, -0.2) is 66.1 Å². The minimum absolute atomic E-state index is 0.758. The van der Waals surface area contributed by atoms with Crippen molar-refractivity contribution in [2.45, 2.75) is 24.9 Å². The van der Waals surface area contributed by atoms with Gasteiger partial charge >= 0.3 is 11.9 Å². The number of aliphatic carboxylic acids is 3. The summed E-state index contributed by atoms with van der Waals surface area (Å²) >= 11 is 0. The molecule has 32 heavy (non-hydrogen) atoms. The Hall–Kier alpha value is -3.43. The minimum Gasteiger partial charge on any atom is -0.550 e. The summed E-state index contributed by atoms with van der Waals surface area (Å²) in [5.74, 6) is -4.33. The highest BCUT2D eigenvalue weighted by Crippen LogP contribution is 2.21. The van der Waals surface area contributed by atoms with Gasteiger partial charge in [-0.3, -0.25) is 4.79 Å². The number of nitrogens with one attached hydrogen (secondary N) is 1. The Morgan fingerprint density at radius 1 is 0.969 bits per heavy atom. The number of likely N-dealkylation sites (N-methyl/N-ethyl adjacent to an activating group) is 1. The van der Waals surface area contributed by atoms with Gasteiger partial charge in [-0.2, -0.15) is 0 Å². The molecule has 2 aromatic rings. The molecule has 1 atom stereocenters. The number of rotatable bonds is 11. The number of carboxylic acids is 3. The number of para-hydroxylation sites is 1. The topological polar surface area (TPSA) is 149 Å². The maximum absolute atomic E-state index is 10.3. The summed E-state index contributed by atoms with van der Waals surface area (Å²) in [5, 5.41) is 35.5. The van der Waals surface area contributed by atoms with Crippen molar-refractivity contribution in [3.63, 3.8) is 0 Å². The van der Waals surface area contributed by atoms with Crippen LogP contribution in [0, 0.1) is 0 Å². The molecule has 0 aliphatic rings. The summed E-state index contributed by atoms with van der Waals surface area (Å²) in [7, 11) is 4.28. The molecule has 174 valence electrons. The first-order valence-corrected chi connectivity index (χ1v) is 9.94. The fourth-order valence-electron chi connectivity index (χ4n) is 2.67. The molecule has 0 heterocycles. The molecular formula is C23H29NO8. The van der Waals surface area contributed by atoms with E-state index in [2.05, 4.69) is 56.6 Å². The normalized spacial score (nSPS) is 12.2. The fourth-order valence-corrected chi connectivity index (χ4v) is 2.67. The molecule has 2 rings (SSSR count). The number of carboxylic acid groups (broad SMARTS) is 3. The summed E-state index contributed by atoms with van der Waals surface area (Å²) < 4.78 is 5.90. The van der Waals surface area contributed by atoms with Crippen LogP contribution in [0.25, 0.3) is 0 Å². The Morgan fingerprint density at radius 3 is 2.09 bits per heavy atom. The number of carbonyl (C=O) groups excluding carboxylic acids is 1. The first kappa shape index (κ1) is 26.6. The van der Waals surface area contributed by atoms with E-state index in [1.165, 1.54) is 16.0 Å². The van der Waals surface area contributed by atoms with Crippen LogP contribution in [0.15, 0.2) is 54.6 Å². The highest BCUT2D eigenvalue weighted by atomic mass is 16.5. The first-order valence-electron chi connectivity index (χ1n) is 9.94. The zero-order valence-electron chi connectivity index (χ0n) is 18.1. The second-order valence-electron chi connectivity index (χ2n) is 7.53. The molecule has 0 radical (unpaired) electrons. The molecule has 0 saturated heterocycles. The molecule has 0 spiro atoms. The van der Waals surface area contributed by atoms with Crippen molar-refractivity contribution < 1.29 is 44.4 Å². The molecule has 0 bridgehead atoms. The van der Waals surface area contributed by atoms with Crippen molar-refractivity contribution in [2.75, 3.05) is 27.2 Å². The number of aliphatic hydroxyl groups is 1. The van der Waals surface area contributed by atoms with Gasteiger partial charge in [0.15, 0.2) is 5.60 Å². The first-order chi connectivity index (χ1) is 15.0. The number of quaternary nitrogens is 1. The molecule has 9 heteroatoms. The van der Waals surface area contributed by atoms with Crippen LogP contribution >= 0.6 is 0 Å². The lowest BCUT2D eigenvalue weighted by molar-refractivity contribution is -0.858. The van der Waals surface area contributed by atoms with Gasteiger partial charge in [0.05, 0.1) is 20.5 Å². The van der Waals surface area contributed by atoms with Crippen molar-refractivity contribution in [3.05, 3.63) is 65.7 Å². The maximum atomic E-state index is 10.3. The van der Waals surface area contributed by atoms with Crippen LogP contribution in [-0.2, 0) is 20.8 Å². The van der Waals surface area contributed by atoms with Crippen LogP contribution in [0.5, 0.6) is 5.75 Å². The highest BCUT2D eigenvalue weighted by Gasteiger charge is 2.38. The highest BCUT2D eigenvalue weighted by molar-refractivity contribution is 5.87. The predicted octanol–water partition coefficient (Wildman–Crippen LogP) is -0.782. The Morgan fingerprint density at radius 2 is 1.56 bits per heavy atom. The third-order valence-corrected chi connectivity index (χ3v) is 4.35. The van der Waals surface area contributed by atoms with Crippen molar-refractivity contribution in [2.24, 2.45) is 0 Å². The second kappa shape index (κ2) is 13.1. The summed E-state index contributed by atoms with van der Waals surface area (Å²) in [5.41, 5.74) is -0.232. The predicted molar refractivity (Wildman–Crippen MR) is 113 cm³/mol. The van der Waals surface area contributed by atoms with Gasteiger partial charge in [-0.05, 0) is 17.2 Å². The van der Waals surface area contributed by atoms with Gasteiger partial charge in [0, 0.05) is 18.8 Å². The molecule has 0 aromatic heterocycles. The molecular weight excluding hydrogens is 418 g/mol. The van der Waals surface area contributed by atoms with Gasteiger partial charge in [-0.1, -0.05) is 48.5 Å². The molecule has 4 N–H and O–H groups in total. The van der Waals surface area contributed by atoms with E-state index in [-0.39, 0.29) is 0 Å².